The summed E-state index contributed by atoms with van der Waals surface area (Å²) < 4.78 is 0. The Morgan fingerprint density at radius 1 is 0.611 bits per heavy atom. The standard InChI is InChI=1S/C17H12.Li.H/c1-11-5-6-14-8-7-12-3-2-4-13-9-10-15(11)17(14)16(12)13;;/h2-10H,1H3;;. The first-order valence-electron chi connectivity index (χ1n) is 5.98. The molecule has 0 bridgehead atoms. The molecular formula is C17H13Li. The molecule has 1 heteroatoms. The predicted molar refractivity (Wildman–Crippen MR) is 82.0 cm³/mol. The fraction of sp³-hybridized carbons (Fsp3) is 0.0588. The summed E-state index contributed by atoms with van der Waals surface area (Å²) in [5, 5.41) is 8.23. The minimum absolute atomic E-state index is 0. The van der Waals surface area contributed by atoms with E-state index >= 15 is 0 Å². The number of rotatable bonds is 0. The Morgan fingerprint density at radius 2 is 1.17 bits per heavy atom. The van der Waals surface area contributed by atoms with Crippen LogP contribution in [0, 0.1) is 6.92 Å². The van der Waals surface area contributed by atoms with E-state index < -0.39 is 0 Å². The second-order valence-corrected chi connectivity index (χ2v) is 4.74. The summed E-state index contributed by atoms with van der Waals surface area (Å²) in [5.41, 5.74) is 1.36. The summed E-state index contributed by atoms with van der Waals surface area (Å²) in [4.78, 5) is 0. The first kappa shape index (κ1) is 11.6. The molecule has 0 nitrogen and oxygen atoms in total. The molecule has 0 heterocycles. The summed E-state index contributed by atoms with van der Waals surface area (Å²) in [6.45, 7) is 2.19. The van der Waals surface area contributed by atoms with Gasteiger partial charge in [0.05, 0.1) is 0 Å². The number of aryl methyl sites for hydroxylation is 1. The zero-order chi connectivity index (χ0) is 11.4. The van der Waals surface area contributed by atoms with Crippen LogP contribution in [-0.2, 0) is 0 Å². The summed E-state index contributed by atoms with van der Waals surface area (Å²) in [5.74, 6) is 0. The fourth-order valence-corrected chi connectivity index (χ4v) is 2.88. The molecule has 0 fully saturated rings. The van der Waals surface area contributed by atoms with Gasteiger partial charge in [-0.05, 0) is 44.8 Å². The van der Waals surface area contributed by atoms with Gasteiger partial charge >= 0.3 is 18.9 Å². The average molecular weight is 224 g/mol. The Hall–Kier alpha value is -1.48. The van der Waals surface area contributed by atoms with Crippen molar-refractivity contribution in [2.45, 2.75) is 6.92 Å². The molecule has 0 atom stereocenters. The van der Waals surface area contributed by atoms with E-state index in [9.17, 15) is 0 Å². The Kier molecular flexibility index (Phi) is 2.59. The summed E-state index contributed by atoms with van der Waals surface area (Å²) in [7, 11) is 0. The molecule has 0 radical (unpaired) electrons. The van der Waals surface area contributed by atoms with Crippen LogP contribution in [0.1, 0.15) is 5.56 Å². The van der Waals surface area contributed by atoms with E-state index in [0.29, 0.717) is 0 Å². The van der Waals surface area contributed by atoms with Crippen molar-refractivity contribution in [1.82, 2.24) is 0 Å². The molecule has 0 aromatic heterocycles. The number of benzene rings is 4. The van der Waals surface area contributed by atoms with Gasteiger partial charge in [-0.25, -0.2) is 0 Å². The van der Waals surface area contributed by atoms with Crippen molar-refractivity contribution in [2.24, 2.45) is 0 Å². The van der Waals surface area contributed by atoms with Gasteiger partial charge in [0.1, 0.15) is 0 Å². The quantitative estimate of drug-likeness (QED) is 0.309. The third kappa shape index (κ3) is 1.40. The number of hydrogen-bond acceptors (Lipinski definition) is 0. The average Bonchev–Trinajstić information content (AvgIpc) is 2.38. The van der Waals surface area contributed by atoms with Crippen LogP contribution in [0.4, 0.5) is 0 Å². The molecule has 0 saturated carbocycles. The molecule has 4 aromatic carbocycles. The van der Waals surface area contributed by atoms with Gasteiger partial charge in [-0.15, -0.1) is 0 Å². The van der Waals surface area contributed by atoms with Crippen LogP contribution in [-0.4, -0.2) is 18.9 Å². The Bertz CT molecular complexity index is 830. The fourth-order valence-electron chi connectivity index (χ4n) is 2.88. The molecule has 0 unspecified atom stereocenters. The van der Waals surface area contributed by atoms with Crippen LogP contribution in [0.3, 0.4) is 0 Å². The maximum atomic E-state index is 2.25. The van der Waals surface area contributed by atoms with Gasteiger partial charge in [0.25, 0.3) is 0 Å². The zero-order valence-corrected chi connectivity index (χ0v) is 9.70. The molecule has 0 spiro atoms. The normalized spacial score (nSPS) is 11.2. The van der Waals surface area contributed by atoms with E-state index in [4.69, 9.17) is 0 Å². The summed E-state index contributed by atoms with van der Waals surface area (Å²) >= 11 is 0. The van der Waals surface area contributed by atoms with Crippen LogP contribution in [0.25, 0.3) is 32.3 Å². The van der Waals surface area contributed by atoms with Crippen molar-refractivity contribution < 1.29 is 0 Å². The van der Waals surface area contributed by atoms with Crippen LogP contribution >= 0.6 is 0 Å². The molecule has 0 amide bonds. The van der Waals surface area contributed by atoms with Crippen LogP contribution in [0.15, 0.2) is 54.6 Å². The topological polar surface area (TPSA) is 0 Å². The first-order valence-corrected chi connectivity index (χ1v) is 5.98. The van der Waals surface area contributed by atoms with E-state index in [0.717, 1.165) is 0 Å². The van der Waals surface area contributed by atoms with Gasteiger partial charge in [-0.2, -0.15) is 0 Å². The molecule has 18 heavy (non-hydrogen) atoms. The summed E-state index contributed by atoms with van der Waals surface area (Å²) in [6, 6.07) is 19.9. The second-order valence-electron chi connectivity index (χ2n) is 4.74. The molecule has 0 aliphatic rings. The molecule has 0 N–H and O–H groups in total. The van der Waals surface area contributed by atoms with Gasteiger partial charge in [-0.1, -0.05) is 54.6 Å². The molecule has 4 aromatic rings. The maximum absolute atomic E-state index is 2.25. The number of hydrogen-bond donors (Lipinski definition) is 0. The third-order valence-electron chi connectivity index (χ3n) is 3.75. The van der Waals surface area contributed by atoms with Crippen molar-refractivity contribution in [1.29, 1.82) is 0 Å². The van der Waals surface area contributed by atoms with Gasteiger partial charge in [0.15, 0.2) is 0 Å². The zero-order valence-electron chi connectivity index (χ0n) is 9.70. The van der Waals surface area contributed by atoms with Gasteiger partial charge in [-0.3, -0.25) is 0 Å². The first-order chi connectivity index (χ1) is 8.34. The van der Waals surface area contributed by atoms with Crippen molar-refractivity contribution in [3.05, 3.63) is 60.2 Å². The SMILES string of the molecule is Cc1ccc2ccc3cccc4ccc1c2c34.[LiH]. The van der Waals surface area contributed by atoms with Crippen molar-refractivity contribution in [3.8, 4) is 0 Å². The molecule has 0 aliphatic heterocycles. The van der Waals surface area contributed by atoms with E-state index in [1.807, 2.05) is 0 Å². The molecular weight excluding hydrogens is 211 g/mol. The predicted octanol–water partition coefficient (Wildman–Crippen LogP) is 4.24. The Labute approximate surface area is 118 Å². The van der Waals surface area contributed by atoms with E-state index in [1.165, 1.54) is 37.9 Å². The third-order valence-corrected chi connectivity index (χ3v) is 3.75. The van der Waals surface area contributed by atoms with Crippen molar-refractivity contribution in [3.63, 3.8) is 0 Å². The Balaban J connectivity index is 0.000001000. The summed E-state index contributed by atoms with van der Waals surface area (Å²) in [6.07, 6.45) is 0. The van der Waals surface area contributed by atoms with Gasteiger partial charge in [0.2, 0.25) is 0 Å². The van der Waals surface area contributed by atoms with Crippen molar-refractivity contribution >= 4 is 51.2 Å². The van der Waals surface area contributed by atoms with E-state index in [-0.39, 0.29) is 18.9 Å². The monoisotopic (exact) mass is 224 g/mol. The molecule has 0 saturated heterocycles. The second kappa shape index (κ2) is 4.02. The van der Waals surface area contributed by atoms with Crippen molar-refractivity contribution in [2.75, 3.05) is 0 Å². The molecule has 0 aliphatic carbocycles. The van der Waals surface area contributed by atoms with Gasteiger partial charge in [0, 0.05) is 0 Å². The van der Waals surface area contributed by atoms with Crippen LogP contribution in [0.2, 0.25) is 0 Å². The molecule has 4 rings (SSSR count). The van der Waals surface area contributed by atoms with E-state index in [1.54, 1.807) is 0 Å². The van der Waals surface area contributed by atoms with Gasteiger partial charge < -0.3 is 0 Å². The Morgan fingerprint density at radius 3 is 1.89 bits per heavy atom. The van der Waals surface area contributed by atoms with Crippen LogP contribution in [0.5, 0.6) is 0 Å². The van der Waals surface area contributed by atoms with Crippen LogP contribution < -0.4 is 0 Å². The molecule has 82 valence electrons. The van der Waals surface area contributed by atoms with E-state index in [2.05, 4.69) is 61.5 Å². The minimum atomic E-state index is 0.